The van der Waals surface area contributed by atoms with Crippen LogP contribution in [0.3, 0.4) is 0 Å². The number of rotatable bonds is 6. The molecule has 0 aromatic heterocycles. The van der Waals surface area contributed by atoms with E-state index in [0.717, 1.165) is 0 Å². The third kappa shape index (κ3) is 5.45. The van der Waals surface area contributed by atoms with Crippen LogP contribution in [0, 0.1) is 0 Å². The Morgan fingerprint density at radius 2 is 1.00 bits per heavy atom. The second kappa shape index (κ2) is 6.33. The molecule has 0 amide bonds. The van der Waals surface area contributed by atoms with E-state index < -0.39 is 31.5 Å². The summed E-state index contributed by atoms with van der Waals surface area (Å²) in [6.45, 7) is -0.821. The molecule has 1 unspecified atom stereocenters. The molecule has 3 atom stereocenters. The molecule has 0 aromatic carbocycles. The van der Waals surface area contributed by atoms with Gasteiger partial charge in [0, 0.05) is 12.8 Å². The van der Waals surface area contributed by atoms with Gasteiger partial charge >= 0.3 is 0 Å². The Bertz CT molecular complexity index is 96.0. The van der Waals surface area contributed by atoms with Crippen LogP contribution in [-0.2, 0) is 0 Å². The lowest BCUT2D eigenvalue weighted by molar-refractivity contribution is 0.00508. The highest BCUT2D eigenvalue weighted by atomic mass is 16.3. The van der Waals surface area contributed by atoms with Crippen LogP contribution in [-0.4, -0.2) is 57.1 Å². The second-order valence-electron chi connectivity index (χ2n) is 2.80. The van der Waals surface area contributed by atoms with Gasteiger partial charge in [0.25, 0.3) is 0 Å². The minimum Gasteiger partial charge on any atom is -0.394 e. The smallest absolute Gasteiger partial charge is 0.0795 e. The van der Waals surface area contributed by atoms with Gasteiger partial charge in [-0.15, -0.1) is 0 Å². The van der Waals surface area contributed by atoms with Gasteiger partial charge in [-0.05, 0) is 0 Å². The van der Waals surface area contributed by atoms with Crippen LogP contribution in [0.1, 0.15) is 12.8 Å². The molecule has 0 saturated carbocycles. The Hall–Kier alpha value is -0.200. The van der Waals surface area contributed by atoms with Crippen molar-refractivity contribution in [1.82, 2.24) is 0 Å². The van der Waals surface area contributed by atoms with E-state index >= 15 is 0 Å². The zero-order valence-corrected chi connectivity index (χ0v) is 6.80. The molecule has 5 heteroatoms. The summed E-state index contributed by atoms with van der Waals surface area (Å²) in [6.07, 6.45) is -2.81. The summed E-state index contributed by atoms with van der Waals surface area (Å²) in [7, 11) is 0. The number of aliphatic hydroxyl groups is 5. The van der Waals surface area contributed by atoms with Crippen LogP contribution >= 0.6 is 0 Å². The topological polar surface area (TPSA) is 101 Å². The van der Waals surface area contributed by atoms with Gasteiger partial charge in [0.05, 0.1) is 31.5 Å². The van der Waals surface area contributed by atoms with E-state index in [1.54, 1.807) is 0 Å². The lowest BCUT2D eigenvalue weighted by Crippen LogP contribution is -2.26. The average molecular weight is 180 g/mol. The fraction of sp³-hybridized carbons (Fsp3) is 1.00. The van der Waals surface area contributed by atoms with Crippen LogP contribution < -0.4 is 0 Å². The van der Waals surface area contributed by atoms with Crippen molar-refractivity contribution in [3.8, 4) is 0 Å². The standard InChI is InChI=1S/C7H16O5/c8-3-6(11)1-5(10)2-7(12)4-9/h5-12H,1-4H2/t5?,6-,7+. The van der Waals surface area contributed by atoms with E-state index in [1.807, 2.05) is 0 Å². The van der Waals surface area contributed by atoms with Gasteiger partial charge in [-0.3, -0.25) is 0 Å². The summed E-state index contributed by atoms with van der Waals surface area (Å²) in [5, 5.41) is 43.6. The first-order valence-electron chi connectivity index (χ1n) is 3.86. The molecule has 0 aliphatic carbocycles. The Morgan fingerprint density at radius 1 is 0.667 bits per heavy atom. The van der Waals surface area contributed by atoms with Gasteiger partial charge in [-0.1, -0.05) is 0 Å². The highest BCUT2D eigenvalue weighted by molar-refractivity contribution is 4.66. The first-order valence-corrected chi connectivity index (χ1v) is 3.86. The van der Waals surface area contributed by atoms with Crippen LogP contribution in [0.25, 0.3) is 0 Å². The second-order valence-corrected chi connectivity index (χ2v) is 2.80. The molecule has 0 aliphatic rings. The first-order chi connectivity index (χ1) is 5.60. The Balaban J connectivity index is 3.51. The lowest BCUT2D eigenvalue weighted by atomic mass is 10.1. The van der Waals surface area contributed by atoms with Crippen molar-refractivity contribution in [3.63, 3.8) is 0 Å². The van der Waals surface area contributed by atoms with Crippen molar-refractivity contribution in [2.24, 2.45) is 0 Å². The average Bonchev–Trinajstić information content (AvgIpc) is 2.03. The molecule has 12 heavy (non-hydrogen) atoms. The van der Waals surface area contributed by atoms with E-state index in [-0.39, 0.29) is 12.8 Å². The van der Waals surface area contributed by atoms with Crippen molar-refractivity contribution in [2.75, 3.05) is 13.2 Å². The molecular weight excluding hydrogens is 164 g/mol. The fourth-order valence-corrected chi connectivity index (χ4v) is 0.873. The largest absolute Gasteiger partial charge is 0.394 e. The molecule has 5 N–H and O–H groups in total. The molecule has 0 saturated heterocycles. The van der Waals surface area contributed by atoms with Crippen molar-refractivity contribution >= 4 is 0 Å². The predicted molar refractivity (Wildman–Crippen MR) is 41.4 cm³/mol. The lowest BCUT2D eigenvalue weighted by Gasteiger charge is -2.15. The van der Waals surface area contributed by atoms with Crippen molar-refractivity contribution in [1.29, 1.82) is 0 Å². The van der Waals surface area contributed by atoms with E-state index in [9.17, 15) is 0 Å². The summed E-state index contributed by atoms with van der Waals surface area (Å²) in [5.41, 5.74) is 0. The zero-order valence-electron chi connectivity index (χ0n) is 6.80. The summed E-state index contributed by atoms with van der Waals surface area (Å²) in [6, 6.07) is 0. The van der Waals surface area contributed by atoms with Gasteiger partial charge < -0.3 is 25.5 Å². The minimum atomic E-state index is -0.967. The van der Waals surface area contributed by atoms with Gasteiger partial charge in [0.15, 0.2) is 0 Å². The third-order valence-electron chi connectivity index (χ3n) is 1.51. The monoisotopic (exact) mass is 180 g/mol. The maximum absolute atomic E-state index is 9.11. The summed E-state index contributed by atoms with van der Waals surface area (Å²) in [5.74, 6) is 0. The summed E-state index contributed by atoms with van der Waals surface area (Å²) >= 11 is 0. The molecule has 0 rings (SSSR count). The summed E-state index contributed by atoms with van der Waals surface area (Å²) in [4.78, 5) is 0. The normalized spacial score (nSPS) is 18.8. The van der Waals surface area contributed by atoms with Crippen LogP contribution in [0.15, 0.2) is 0 Å². The molecule has 0 radical (unpaired) electrons. The SMILES string of the molecule is OC[C@@H](O)CC(O)C[C@@H](O)CO. The van der Waals surface area contributed by atoms with Gasteiger partial charge in [-0.2, -0.15) is 0 Å². The molecule has 0 aliphatic heterocycles. The Labute approximate surface area is 70.9 Å². The number of hydrogen-bond donors (Lipinski definition) is 5. The highest BCUT2D eigenvalue weighted by Gasteiger charge is 2.14. The molecule has 5 nitrogen and oxygen atoms in total. The van der Waals surface area contributed by atoms with E-state index in [4.69, 9.17) is 25.5 Å². The Kier molecular flexibility index (Phi) is 6.23. The van der Waals surface area contributed by atoms with E-state index in [2.05, 4.69) is 0 Å². The molecule has 0 fully saturated rings. The van der Waals surface area contributed by atoms with Gasteiger partial charge in [0.1, 0.15) is 0 Å². The molecule has 0 heterocycles. The molecular formula is C7H16O5. The first kappa shape index (κ1) is 11.8. The van der Waals surface area contributed by atoms with Crippen LogP contribution in [0.2, 0.25) is 0 Å². The van der Waals surface area contributed by atoms with Crippen molar-refractivity contribution in [2.45, 2.75) is 31.2 Å². The van der Waals surface area contributed by atoms with Gasteiger partial charge in [-0.25, -0.2) is 0 Å². The fourth-order valence-electron chi connectivity index (χ4n) is 0.873. The highest BCUT2D eigenvalue weighted by Crippen LogP contribution is 2.04. The van der Waals surface area contributed by atoms with Crippen molar-refractivity contribution < 1.29 is 25.5 Å². The quantitative estimate of drug-likeness (QED) is 0.320. The zero-order chi connectivity index (χ0) is 9.56. The molecule has 0 bridgehead atoms. The summed E-state index contributed by atoms with van der Waals surface area (Å²) < 4.78 is 0. The van der Waals surface area contributed by atoms with Gasteiger partial charge in [0.2, 0.25) is 0 Å². The Morgan fingerprint density at radius 3 is 1.25 bits per heavy atom. The molecule has 0 spiro atoms. The maximum atomic E-state index is 9.11. The molecule has 74 valence electrons. The van der Waals surface area contributed by atoms with E-state index in [0.29, 0.717) is 0 Å². The minimum absolute atomic E-state index is 0.00750. The third-order valence-corrected chi connectivity index (χ3v) is 1.51. The maximum Gasteiger partial charge on any atom is 0.0795 e. The predicted octanol–water partition coefficient (Wildman–Crippen LogP) is -2.17. The number of hydrogen-bond acceptors (Lipinski definition) is 5. The van der Waals surface area contributed by atoms with E-state index in [1.165, 1.54) is 0 Å². The molecule has 0 aromatic rings. The van der Waals surface area contributed by atoms with Crippen molar-refractivity contribution in [3.05, 3.63) is 0 Å². The number of aliphatic hydroxyl groups excluding tert-OH is 5. The van der Waals surface area contributed by atoms with Crippen LogP contribution in [0.4, 0.5) is 0 Å². The van der Waals surface area contributed by atoms with Crippen LogP contribution in [0.5, 0.6) is 0 Å².